The van der Waals surface area contributed by atoms with Gasteiger partial charge in [-0.25, -0.2) is 4.79 Å². The van der Waals surface area contributed by atoms with Crippen LogP contribution in [-0.4, -0.2) is 60.4 Å². The molecule has 1 N–H and O–H groups in total. The number of hydrogen-bond donors (Lipinski definition) is 1. The first-order valence-corrected chi connectivity index (χ1v) is 7.54. The van der Waals surface area contributed by atoms with Crippen molar-refractivity contribution in [2.24, 2.45) is 0 Å². The number of likely N-dealkylation sites (tertiary alicyclic amines) is 1. The van der Waals surface area contributed by atoms with Gasteiger partial charge in [-0.15, -0.1) is 0 Å². The Morgan fingerprint density at radius 2 is 2.23 bits per heavy atom. The highest BCUT2D eigenvalue weighted by molar-refractivity contribution is 5.70. The standard InChI is InChI=1S/C16H22N2O4/c1-17-10-16(22-15(17)20)6-3-7-18(11-16)9-12-4-5-14(21-2)13(19)8-12/h4-5,8,19H,3,6-7,9-11H2,1-2H3/t16-/m0/s1. The smallest absolute Gasteiger partial charge is 0.410 e. The summed E-state index contributed by atoms with van der Waals surface area (Å²) in [4.78, 5) is 15.6. The van der Waals surface area contributed by atoms with Crippen LogP contribution in [0.4, 0.5) is 4.79 Å². The average Bonchev–Trinajstić information content (AvgIpc) is 2.73. The van der Waals surface area contributed by atoms with E-state index in [4.69, 9.17) is 9.47 Å². The van der Waals surface area contributed by atoms with Crippen molar-refractivity contribution in [2.75, 3.05) is 33.8 Å². The Morgan fingerprint density at radius 1 is 1.41 bits per heavy atom. The molecule has 1 amide bonds. The summed E-state index contributed by atoms with van der Waals surface area (Å²) in [6.45, 7) is 3.07. The lowest BCUT2D eigenvalue weighted by Crippen LogP contribution is -2.50. The van der Waals surface area contributed by atoms with Crippen molar-refractivity contribution >= 4 is 6.09 Å². The molecule has 1 atom stereocenters. The van der Waals surface area contributed by atoms with Crippen molar-refractivity contribution in [3.63, 3.8) is 0 Å². The minimum Gasteiger partial charge on any atom is -0.504 e. The second-order valence-electron chi connectivity index (χ2n) is 6.23. The van der Waals surface area contributed by atoms with E-state index in [1.807, 2.05) is 6.07 Å². The molecule has 0 radical (unpaired) electrons. The SMILES string of the molecule is COc1ccc(CN2CCC[C@@]3(C2)CN(C)C(=O)O3)cc1O. The molecule has 2 aliphatic heterocycles. The van der Waals surface area contributed by atoms with Gasteiger partial charge in [0.1, 0.15) is 5.60 Å². The Balaban J connectivity index is 1.68. The highest BCUT2D eigenvalue weighted by Gasteiger charge is 2.46. The topological polar surface area (TPSA) is 62.2 Å². The van der Waals surface area contributed by atoms with E-state index < -0.39 is 0 Å². The molecular weight excluding hydrogens is 284 g/mol. The summed E-state index contributed by atoms with van der Waals surface area (Å²) < 4.78 is 10.7. The number of aromatic hydroxyl groups is 1. The van der Waals surface area contributed by atoms with Gasteiger partial charge in [-0.1, -0.05) is 6.07 Å². The lowest BCUT2D eigenvalue weighted by atomic mass is 9.92. The number of hydrogen-bond acceptors (Lipinski definition) is 5. The highest BCUT2D eigenvalue weighted by atomic mass is 16.6. The van der Waals surface area contributed by atoms with Gasteiger partial charge >= 0.3 is 6.09 Å². The van der Waals surface area contributed by atoms with Gasteiger partial charge in [-0.05, 0) is 37.1 Å². The molecule has 6 nitrogen and oxygen atoms in total. The number of carbonyl (C=O) groups excluding carboxylic acids is 1. The second-order valence-corrected chi connectivity index (χ2v) is 6.23. The summed E-state index contributed by atoms with van der Waals surface area (Å²) in [6, 6.07) is 5.45. The average molecular weight is 306 g/mol. The number of benzene rings is 1. The minimum atomic E-state index is -0.376. The molecule has 0 saturated carbocycles. The lowest BCUT2D eigenvalue weighted by Gasteiger charge is -2.38. The summed E-state index contributed by atoms with van der Waals surface area (Å²) in [7, 11) is 3.31. The van der Waals surface area contributed by atoms with Gasteiger partial charge in [0.2, 0.25) is 0 Å². The van der Waals surface area contributed by atoms with Crippen LogP contribution in [-0.2, 0) is 11.3 Å². The molecule has 0 bridgehead atoms. The molecule has 6 heteroatoms. The molecular formula is C16H22N2O4. The number of nitrogens with zero attached hydrogens (tertiary/aromatic N) is 2. The van der Waals surface area contributed by atoms with Gasteiger partial charge in [0.15, 0.2) is 11.5 Å². The van der Waals surface area contributed by atoms with Crippen LogP contribution in [0.25, 0.3) is 0 Å². The largest absolute Gasteiger partial charge is 0.504 e. The van der Waals surface area contributed by atoms with E-state index in [0.29, 0.717) is 12.3 Å². The van der Waals surface area contributed by atoms with Crippen molar-refractivity contribution in [3.05, 3.63) is 23.8 Å². The Kier molecular flexibility index (Phi) is 3.87. The van der Waals surface area contributed by atoms with Crippen molar-refractivity contribution < 1.29 is 19.4 Å². The number of phenolic OH excluding ortho intramolecular Hbond substituents is 1. The maximum absolute atomic E-state index is 11.7. The van der Waals surface area contributed by atoms with Crippen LogP contribution in [0, 0.1) is 0 Å². The first-order chi connectivity index (χ1) is 10.5. The third-order valence-electron chi connectivity index (χ3n) is 4.41. The van der Waals surface area contributed by atoms with E-state index in [-0.39, 0.29) is 17.4 Å². The normalized spacial score (nSPS) is 25.5. The number of likely N-dealkylation sites (N-methyl/N-ethyl adjacent to an activating group) is 1. The van der Waals surface area contributed by atoms with Crippen molar-refractivity contribution in [2.45, 2.75) is 25.0 Å². The van der Waals surface area contributed by atoms with Crippen LogP contribution in [0.2, 0.25) is 0 Å². The fourth-order valence-corrected chi connectivity index (χ4v) is 3.42. The Labute approximate surface area is 130 Å². The van der Waals surface area contributed by atoms with Gasteiger partial charge < -0.3 is 19.5 Å². The number of piperidine rings is 1. The Bertz CT molecular complexity index is 577. The fourth-order valence-electron chi connectivity index (χ4n) is 3.42. The molecule has 0 unspecified atom stereocenters. The van der Waals surface area contributed by atoms with Gasteiger partial charge in [0.05, 0.1) is 13.7 Å². The molecule has 0 aromatic heterocycles. The monoisotopic (exact) mass is 306 g/mol. The van der Waals surface area contributed by atoms with Crippen LogP contribution >= 0.6 is 0 Å². The van der Waals surface area contributed by atoms with Crippen LogP contribution in [0.1, 0.15) is 18.4 Å². The number of ether oxygens (including phenoxy) is 2. The zero-order chi connectivity index (χ0) is 15.7. The number of amides is 1. The molecule has 1 aromatic rings. The predicted octanol–water partition coefficient (Wildman–Crippen LogP) is 1.82. The van der Waals surface area contributed by atoms with E-state index in [9.17, 15) is 9.90 Å². The fraction of sp³-hybridized carbons (Fsp3) is 0.562. The molecule has 2 aliphatic rings. The van der Waals surface area contributed by atoms with Gasteiger partial charge in [0.25, 0.3) is 0 Å². The molecule has 120 valence electrons. The zero-order valence-corrected chi connectivity index (χ0v) is 13.0. The van der Waals surface area contributed by atoms with E-state index in [2.05, 4.69) is 4.90 Å². The first-order valence-electron chi connectivity index (χ1n) is 7.54. The number of methoxy groups -OCH3 is 1. The Morgan fingerprint density at radius 3 is 2.86 bits per heavy atom. The Hall–Kier alpha value is -1.95. The second kappa shape index (κ2) is 5.68. The summed E-state index contributed by atoms with van der Waals surface area (Å²) in [6.07, 6.45) is 1.68. The molecule has 2 fully saturated rings. The summed E-state index contributed by atoms with van der Waals surface area (Å²) >= 11 is 0. The maximum atomic E-state index is 11.7. The van der Waals surface area contributed by atoms with E-state index in [1.165, 1.54) is 7.11 Å². The molecule has 0 aliphatic carbocycles. The molecule has 2 saturated heterocycles. The lowest BCUT2D eigenvalue weighted by molar-refractivity contribution is -0.0113. The van der Waals surface area contributed by atoms with E-state index in [0.717, 1.165) is 38.0 Å². The van der Waals surface area contributed by atoms with Crippen molar-refractivity contribution in [1.82, 2.24) is 9.80 Å². The third kappa shape index (κ3) is 2.83. The van der Waals surface area contributed by atoms with E-state index in [1.54, 1.807) is 24.1 Å². The van der Waals surface area contributed by atoms with Crippen molar-refractivity contribution in [3.8, 4) is 11.5 Å². The van der Waals surface area contributed by atoms with Crippen LogP contribution in [0.3, 0.4) is 0 Å². The van der Waals surface area contributed by atoms with Crippen LogP contribution < -0.4 is 4.74 Å². The summed E-state index contributed by atoms with van der Waals surface area (Å²) in [5.41, 5.74) is 0.645. The van der Waals surface area contributed by atoms with Crippen LogP contribution in [0.5, 0.6) is 11.5 Å². The molecule has 1 aromatic carbocycles. The zero-order valence-electron chi connectivity index (χ0n) is 13.0. The number of rotatable bonds is 3. The molecule has 3 rings (SSSR count). The highest BCUT2D eigenvalue weighted by Crippen LogP contribution is 2.33. The number of phenols is 1. The summed E-state index contributed by atoms with van der Waals surface area (Å²) in [5, 5.41) is 9.88. The van der Waals surface area contributed by atoms with Crippen LogP contribution in [0.15, 0.2) is 18.2 Å². The third-order valence-corrected chi connectivity index (χ3v) is 4.41. The van der Waals surface area contributed by atoms with Gasteiger partial charge in [-0.3, -0.25) is 4.90 Å². The first kappa shape index (κ1) is 15.0. The molecule has 1 spiro atoms. The maximum Gasteiger partial charge on any atom is 0.410 e. The quantitative estimate of drug-likeness (QED) is 0.923. The van der Waals surface area contributed by atoms with E-state index >= 15 is 0 Å². The van der Waals surface area contributed by atoms with Crippen molar-refractivity contribution in [1.29, 1.82) is 0 Å². The predicted molar refractivity (Wildman–Crippen MR) is 81.0 cm³/mol. The van der Waals surface area contributed by atoms with Gasteiger partial charge in [-0.2, -0.15) is 0 Å². The molecule has 2 heterocycles. The van der Waals surface area contributed by atoms with Gasteiger partial charge in [0, 0.05) is 20.1 Å². The minimum absolute atomic E-state index is 0.152. The molecule has 22 heavy (non-hydrogen) atoms. The summed E-state index contributed by atoms with van der Waals surface area (Å²) in [5.74, 6) is 0.629. The number of carbonyl (C=O) groups is 1.